The summed E-state index contributed by atoms with van der Waals surface area (Å²) in [6, 6.07) is 13.3. The molecule has 0 spiro atoms. The fraction of sp³-hybridized carbons (Fsp3) is 0.241. The van der Waals surface area contributed by atoms with Gasteiger partial charge in [0.05, 0.1) is 27.5 Å². The quantitative estimate of drug-likeness (QED) is 0.216. The van der Waals surface area contributed by atoms with Crippen LogP contribution in [0.15, 0.2) is 61.1 Å². The number of aromatic amines is 2. The molecule has 1 aliphatic carbocycles. The molecular formula is C29H26FN7S. The largest absolute Gasteiger partial charge is 0.353 e. The van der Waals surface area contributed by atoms with E-state index in [0.717, 1.165) is 91.1 Å². The number of halogens is 1. The number of rotatable bonds is 7. The molecule has 0 aromatic carbocycles. The van der Waals surface area contributed by atoms with E-state index in [2.05, 4.69) is 36.5 Å². The maximum Gasteiger partial charge on any atom is 0.177 e. The SMILES string of the molecule is Fc1ccc(-c2nccc3[nH]c(-c4n[nH]c5ccc(-c6cncc(CNCC7CCCC7)c6)nc45)cc23)s1. The normalized spacial score (nSPS) is 14.2. The van der Waals surface area contributed by atoms with Gasteiger partial charge in [-0.2, -0.15) is 9.49 Å². The number of hydrogen-bond donors (Lipinski definition) is 3. The highest BCUT2D eigenvalue weighted by Crippen LogP contribution is 2.35. The van der Waals surface area contributed by atoms with Crippen LogP contribution in [0.3, 0.4) is 0 Å². The van der Waals surface area contributed by atoms with E-state index >= 15 is 0 Å². The molecule has 38 heavy (non-hydrogen) atoms. The average molecular weight is 524 g/mol. The van der Waals surface area contributed by atoms with Gasteiger partial charge in [-0.3, -0.25) is 15.1 Å². The minimum absolute atomic E-state index is 0.229. The third-order valence-corrected chi connectivity index (χ3v) is 8.23. The third-order valence-electron chi connectivity index (χ3n) is 7.35. The molecule has 7 rings (SSSR count). The zero-order chi connectivity index (χ0) is 25.5. The van der Waals surface area contributed by atoms with Gasteiger partial charge in [-0.05, 0) is 73.3 Å². The van der Waals surface area contributed by atoms with Gasteiger partial charge in [0.15, 0.2) is 5.13 Å². The highest BCUT2D eigenvalue weighted by Gasteiger charge is 2.17. The van der Waals surface area contributed by atoms with Gasteiger partial charge in [-0.15, -0.1) is 11.3 Å². The van der Waals surface area contributed by atoms with Crippen LogP contribution in [-0.2, 0) is 6.54 Å². The Bertz CT molecular complexity index is 1740. The lowest BCUT2D eigenvalue weighted by Crippen LogP contribution is -2.20. The number of nitrogens with one attached hydrogen (secondary N) is 3. The van der Waals surface area contributed by atoms with Crippen molar-refractivity contribution in [2.45, 2.75) is 32.2 Å². The fourth-order valence-corrected chi connectivity index (χ4v) is 6.17. The second-order valence-corrected chi connectivity index (χ2v) is 11.0. The van der Waals surface area contributed by atoms with E-state index in [9.17, 15) is 4.39 Å². The molecule has 0 aliphatic heterocycles. The number of nitrogens with zero attached hydrogens (tertiary/aromatic N) is 4. The Balaban J connectivity index is 1.20. The zero-order valence-corrected chi connectivity index (χ0v) is 21.5. The van der Waals surface area contributed by atoms with Crippen LogP contribution in [0.25, 0.3) is 55.2 Å². The summed E-state index contributed by atoms with van der Waals surface area (Å²) in [6.45, 7) is 1.87. The minimum Gasteiger partial charge on any atom is -0.353 e. The van der Waals surface area contributed by atoms with E-state index in [1.54, 1.807) is 12.3 Å². The number of hydrogen-bond acceptors (Lipinski definition) is 6. The molecule has 0 atom stereocenters. The first-order valence-electron chi connectivity index (χ1n) is 13.0. The Morgan fingerprint density at radius 1 is 1.00 bits per heavy atom. The number of pyridine rings is 3. The molecule has 0 amide bonds. The monoisotopic (exact) mass is 523 g/mol. The van der Waals surface area contributed by atoms with E-state index < -0.39 is 0 Å². The molecule has 6 aromatic rings. The van der Waals surface area contributed by atoms with Crippen LogP contribution in [0.5, 0.6) is 0 Å². The molecule has 3 N–H and O–H groups in total. The molecule has 0 unspecified atom stereocenters. The molecule has 9 heteroatoms. The Hall–Kier alpha value is -3.95. The van der Waals surface area contributed by atoms with Crippen molar-refractivity contribution < 1.29 is 4.39 Å². The van der Waals surface area contributed by atoms with Crippen molar-refractivity contribution >= 4 is 33.3 Å². The standard InChI is InChI=1S/C29H26FN7S/c30-26-8-7-25(38-26)27-20-12-24(34-22(20)9-10-33-27)29-28-23(36-37-29)6-5-21(35-28)19-11-18(15-32-16-19)14-31-13-17-3-1-2-4-17/h5-12,15-17,31,34H,1-4,13-14H2,(H,36,37). The first kappa shape index (κ1) is 23.2. The van der Waals surface area contributed by atoms with Gasteiger partial charge < -0.3 is 10.3 Å². The second kappa shape index (κ2) is 9.74. The van der Waals surface area contributed by atoms with Crippen molar-refractivity contribution in [1.29, 1.82) is 0 Å². The average Bonchev–Trinajstić information content (AvgIpc) is 3.74. The molecule has 0 saturated heterocycles. The van der Waals surface area contributed by atoms with Gasteiger partial charge in [-0.25, -0.2) is 4.98 Å². The molecule has 1 aliphatic rings. The van der Waals surface area contributed by atoms with Gasteiger partial charge >= 0.3 is 0 Å². The number of thiophene rings is 1. The van der Waals surface area contributed by atoms with Gasteiger partial charge in [0.25, 0.3) is 0 Å². The Morgan fingerprint density at radius 3 is 2.79 bits per heavy atom. The first-order chi connectivity index (χ1) is 18.7. The highest BCUT2D eigenvalue weighted by molar-refractivity contribution is 7.13. The smallest absolute Gasteiger partial charge is 0.177 e. The third kappa shape index (κ3) is 4.37. The van der Waals surface area contributed by atoms with Crippen molar-refractivity contribution in [1.82, 2.24) is 35.5 Å². The summed E-state index contributed by atoms with van der Waals surface area (Å²) in [5.74, 6) is 0.803. The lowest BCUT2D eigenvalue weighted by molar-refractivity contribution is 0.489. The summed E-state index contributed by atoms with van der Waals surface area (Å²) in [5.41, 5.74) is 7.80. The van der Waals surface area contributed by atoms with Crippen molar-refractivity contribution in [2.75, 3.05) is 6.54 Å². The zero-order valence-electron chi connectivity index (χ0n) is 20.7. The minimum atomic E-state index is -0.229. The van der Waals surface area contributed by atoms with Crippen LogP contribution in [0.1, 0.15) is 31.2 Å². The van der Waals surface area contributed by atoms with Crippen LogP contribution in [-0.4, -0.2) is 36.7 Å². The van der Waals surface area contributed by atoms with E-state index in [4.69, 9.17) is 4.98 Å². The summed E-state index contributed by atoms with van der Waals surface area (Å²) in [5, 5.41) is 12.0. The highest BCUT2D eigenvalue weighted by atomic mass is 32.1. The van der Waals surface area contributed by atoms with Gasteiger partial charge in [0.1, 0.15) is 11.2 Å². The van der Waals surface area contributed by atoms with Crippen molar-refractivity contribution in [2.24, 2.45) is 5.92 Å². The first-order valence-corrected chi connectivity index (χ1v) is 13.8. The van der Waals surface area contributed by atoms with Crippen LogP contribution in [0, 0.1) is 11.0 Å². The summed E-state index contributed by atoms with van der Waals surface area (Å²) >= 11 is 1.09. The summed E-state index contributed by atoms with van der Waals surface area (Å²) in [7, 11) is 0. The molecular weight excluding hydrogens is 497 g/mol. The Labute approximate surface area is 222 Å². The Kier molecular flexibility index (Phi) is 5.94. The van der Waals surface area contributed by atoms with Crippen LogP contribution in [0.4, 0.5) is 4.39 Å². The topological polar surface area (TPSA) is 95.2 Å². The number of aromatic nitrogens is 6. The molecule has 190 valence electrons. The van der Waals surface area contributed by atoms with Crippen LogP contribution >= 0.6 is 11.3 Å². The van der Waals surface area contributed by atoms with Gasteiger partial charge in [0.2, 0.25) is 0 Å². The number of H-pyrrole nitrogens is 2. The predicted octanol–water partition coefficient (Wildman–Crippen LogP) is 6.71. The molecule has 7 nitrogen and oxygen atoms in total. The second-order valence-electron chi connectivity index (χ2n) is 9.94. The molecule has 0 radical (unpaired) electrons. The molecule has 6 heterocycles. The molecule has 6 aromatic heterocycles. The van der Waals surface area contributed by atoms with E-state index in [1.165, 1.54) is 31.7 Å². The summed E-state index contributed by atoms with van der Waals surface area (Å²) in [6.07, 6.45) is 10.9. The molecule has 1 saturated carbocycles. The Morgan fingerprint density at radius 2 is 1.92 bits per heavy atom. The van der Waals surface area contributed by atoms with E-state index in [1.807, 2.05) is 36.7 Å². The predicted molar refractivity (Wildman–Crippen MR) is 149 cm³/mol. The fourth-order valence-electron chi connectivity index (χ4n) is 5.43. The molecule has 1 fully saturated rings. The molecule has 0 bridgehead atoms. The van der Waals surface area contributed by atoms with Crippen molar-refractivity contribution in [3.8, 4) is 33.2 Å². The maximum absolute atomic E-state index is 13.7. The van der Waals surface area contributed by atoms with Crippen LogP contribution in [0.2, 0.25) is 0 Å². The van der Waals surface area contributed by atoms with E-state index in [-0.39, 0.29) is 5.13 Å². The van der Waals surface area contributed by atoms with Crippen molar-refractivity contribution in [3.63, 3.8) is 0 Å². The maximum atomic E-state index is 13.7. The summed E-state index contributed by atoms with van der Waals surface area (Å²) < 4.78 is 13.7. The lowest BCUT2D eigenvalue weighted by atomic mass is 10.1. The van der Waals surface area contributed by atoms with Gasteiger partial charge in [-0.1, -0.05) is 12.8 Å². The van der Waals surface area contributed by atoms with Gasteiger partial charge in [0, 0.05) is 41.6 Å². The van der Waals surface area contributed by atoms with Crippen molar-refractivity contribution in [3.05, 3.63) is 71.7 Å². The van der Waals surface area contributed by atoms with Crippen LogP contribution < -0.4 is 5.32 Å². The van der Waals surface area contributed by atoms with E-state index in [0.29, 0.717) is 0 Å². The summed E-state index contributed by atoms with van der Waals surface area (Å²) in [4.78, 5) is 18.2. The lowest BCUT2D eigenvalue weighted by Gasteiger charge is -2.11. The number of fused-ring (bicyclic) bond motifs is 2.